The summed E-state index contributed by atoms with van der Waals surface area (Å²) in [7, 11) is 0. The largest absolute Gasteiger partial charge is 0.307 e. The molecule has 3 heterocycles. The van der Waals surface area contributed by atoms with Crippen LogP contribution in [0.2, 0.25) is 0 Å². The van der Waals surface area contributed by atoms with Gasteiger partial charge in [0, 0.05) is 37.0 Å². The van der Waals surface area contributed by atoms with Crippen molar-refractivity contribution in [3.8, 4) is 0 Å². The number of nitrogens with zero attached hydrogens (tertiary/aromatic N) is 4. The number of benzene rings is 2. The molecule has 0 spiro atoms. The lowest BCUT2D eigenvalue weighted by Crippen LogP contribution is -2.35. The van der Waals surface area contributed by atoms with Crippen molar-refractivity contribution in [2.75, 3.05) is 6.54 Å². The molecular formula is C26H25N5O. The number of aromatic nitrogens is 4. The lowest BCUT2D eigenvalue weighted by molar-refractivity contribution is 0.240. The maximum absolute atomic E-state index is 12.6. The number of rotatable bonds is 6. The highest BCUT2D eigenvalue weighted by molar-refractivity contribution is 5.65. The molecule has 0 unspecified atom stereocenters. The molecule has 0 aliphatic carbocycles. The Kier molecular flexibility index (Phi) is 5.77. The molecule has 1 aliphatic heterocycles. The Bertz CT molecular complexity index is 1270. The van der Waals surface area contributed by atoms with Gasteiger partial charge in [0.15, 0.2) is 0 Å². The Balaban J connectivity index is 1.29. The normalized spacial score (nSPS) is 14.0. The molecule has 0 saturated heterocycles. The predicted molar refractivity (Wildman–Crippen MR) is 126 cm³/mol. The first-order valence-corrected chi connectivity index (χ1v) is 10.9. The highest BCUT2D eigenvalue weighted by Gasteiger charge is 2.20. The van der Waals surface area contributed by atoms with Crippen molar-refractivity contribution in [3.63, 3.8) is 0 Å². The van der Waals surface area contributed by atoms with Gasteiger partial charge in [0.25, 0.3) is 5.56 Å². The lowest BCUT2D eigenvalue weighted by atomic mass is 10.1. The lowest BCUT2D eigenvalue weighted by Gasteiger charge is -2.27. The summed E-state index contributed by atoms with van der Waals surface area (Å²) < 4.78 is 1.90. The van der Waals surface area contributed by atoms with Crippen molar-refractivity contribution < 1.29 is 0 Å². The molecule has 6 heteroatoms. The second kappa shape index (κ2) is 9.16. The number of hydrogen-bond acceptors (Lipinski definition) is 4. The Morgan fingerprint density at radius 1 is 0.938 bits per heavy atom. The Labute approximate surface area is 186 Å². The molecule has 1 aliphatic rings. The van der Waals surface area contributed by atoms with E-state index >= 15 is 0 Å². The Morgan fingerprint density at radius 2 is 1.66 bits per heavy atom. The van der Waals surface area contributed by atoms with Gasteiger partial charge in [-0.3, -0.25) is 14.4 Å². The van der Waals surface area contributed by atoms with E-state index in [1.165, 1.54) is 11.1 Å². The van der Waals surface area contributed by atoms with Crippen LogP contribution in [0.1, 0.15) is 33.8 Å². The van der Waals surface area contributed by atoms with Gasteiger partial charge in [0.05, 0.1) is 18.4 Å². The number of hydrogen-bond donors (Lipinski definition) is 1. The minimum absolute atomic E-state index is 0.0335. The van der Waals surface area contributed by atoms with Gasteiger partial charge in [-0.1, -0.05) is 60.7 Å². The summed E-state index contributed by atoms with van der Waals surface area (Å²) >= 11 is 0. The first kappa shape index (κ1) is 20.2. The fourth-order valence-electron chi connectivity index (χ4n) is 4.07. The molecular weight excluding hydrogens is 398 g/mol. The molecule has 0 atom stereocenters. The van der Waals surface area contributed by atoms with Crippen molar-refractivity contribution in [2.24, 2.45) is 0 Å². The van der Waals surface area contributed by atoms with Crippen LogP contribution in [0, 0.1) is 0 Å². The molecule has 0 saturated carbocycles. The van der Waals surface area contributed by atoms with Crippen LogP contribution >= 0.6 is 0 Å². The minimum atomic E-state index is -0.0335. The monoisotopic (exact) mass is 423 g/mol. The molecule has 4 aromatic rings. The van der Waals surface area contributed by atoms with E-state index in [9.17, 15) is 4.79 Å². The SMILES string of the molecule is O=c1[nH]c(/C=C/c2cnn(Cc3ccccc3)c2)nc2c1CCN(Cc1ccccc1)C2. The first-order chi connectivity index (χ1) is 15.7. The van der Waals surface area contributed by atoms with Crippen LogP contribution in [0.5, 0.6) is 0 Å². The number of H-pyrrole nitrogens is 1. The van der Waals surface area contributed by atoms with Crippen molar-refractivity contribution >= 4 is 12.2 Å². The van der Waals surface area contributed by atoms with Crippen molar-refractivity contribution in [1.29, 1.82) is 0 Å². The molecule has 0 amide bonds. The van der Waals surface area contributed by atoms with Gasteiger partial charge in [0.1, 0.15) is 5.82 Å². The number of fused-ring (bicyclic) bond motifs is 1. The van der Waals surface area contributed by atoms with Gasteiger partial charge >= 0.3 is 0 Å². The maximum Gasteiger partial charge on any atom is 0.254 e. The van der Waals surface area contributed by atoms with Crippen LogP contribution in [0.3, 0.4) is 0 Å². The topological polar surface area (TPSA) is 66.8 Å². The summed E-state index contributed by atoms with van der Waals surface area (Å²) in [6.07, 6.45) is 8.31. The predicted octanol–water partition coefficient (Wildman–Crippen LogP) is 3.74. The van der Waals surface area contributed by atoms with E-state index in [2.05, 4.69) is 51.4 Å². The summed E-state index contributed by atoms with van der Waals surface area (Å²) in [5.74, 6) is 0.575. The molecule has 1 N–H and O–H groups in total. The van der Waals surface area contributed by atoms with Crippen LogP contribution < -0.4 is 5.56 Å². The minimum Gasteiger partial charge on any atom is -0.307 e. The summed E-state index contributed by atoms with van der Waals surface area (Å²) in [6.45, 7) is 3.13. The van der Waals surface area contributed by atoms with Crippen molar-refractivity contribution in [2.45, 2.75) is 26.1 Å². The van der Waals surface area contributed by atoms with Gasteiger partial charge in [0.2, 0.25) is 0 Å². The molecule has 2 aromatic carbocycles. The van der Waals surface area contributed by atoms with E-state index in [4.69, 9.17) is 4.98 Å². The summed E-state index contributed by atoms with van der Waals surface area (Å²) in [6, 6.07) is 20.6. The van der Waals surface area contributed by atoms with Crippen LogP contribution in [0.25, 0.3) is 12.2 Å². The molecule has 2 aromatic heterocycles. The van der Waals surface area contributed by atoms with E-state index in [0.717, 1.165) is 42.9 Å². The van der Waals surface area contributed by atoms with Crippen molar-refractivity contribution in [1.82, 2.24) is 24.6 Å². The van der Waals surface area contributed by atoms with Crippen molar-refractivity contribution in [3.05, 3.63) is 117 Å². The fourth-order valence-corrected chi connectivity index (χ4v) is 4.07. The van der Waals surface area contributed by atoms with Crippen LogP contribution in [0.15, 0.2) is 77.9 Å². The number of aromatic amines is 1. The first-order valence-electron chi connectivity index (χ1n) is 10.9. The van der Waals surface area contributed by atoms with Crippen LogP contribution in [-0.2, 0) is 26.1 Å². The summed E-state index contributed by atoms with van der Waals surface area (Å²) in [4.78, 5) is 22.6. The van der Waals surface area contributed by atoms with E-state index in [0.29, 0.717) is 12.4 Å². The van der Waals surface area contributed by atoms with Crippen LogP contribution in [-0.4, -0.2) is 31.2 Å². The maximum atomic E-state index is 12.6. The molecule has 32 heavy (non-hydrogen) atoms. The summed E-state index contributed by atoms with van der Waals surface area (Å²) in [5.41, 5.74) is 5.08. The third-order valence-corrected chi connectivity index (χ3v) is 5.69. The molecule has 0 fully saturated rings. The van der Waals surface area contributed by atoms with Gasteiger partial charge < -0.3 is 4.98 Å². The zero-order valence-electron chi connectivity index (χ0n) is 17.8. The fraction of sp³-hybridized carbons (Fsp3) is 0.192. The zero-order valence-corrected chi connectivity index (χ0v) is 17.8. The number of nitrogens with one attached hydrogen (secondary N) is 1. The third kappa shape index (κ3) is 4.76. The Morgan fingerprint density at radius 3 is 2.41 bits per heavy atom. The second-order valence-corrected chi connectivity index (χ2v) is 8.11. The average Bonchev–Trinajstić information content (AvgIpc) is 3.26. The highest BCUT2D eigenvalue weighted by Crippen LogP contribution is 2.17. The quantitative estimate of drug-likeness (QED) is 0.513. The summed E-state index contributed by atoms with van der Waals surface area (Å²) in [5, 5.41) is 4.43. The Hall–Kier alpha value is -3.77. The highest BCUT2D eigenvalue weighted by atomic mass is 16.1. The van der Waals surface area contributed by atoms with E-state index in [-0.39, 0.29) is 5.56 Å². The molecule has 160 valence electrons. The van der Waals surface area contributed by atoms with Gasteiger partial charge in [-0.2, -0.15) is 5.10 Å². The van der Waals surface area contributed by atoms with E-state index in [1.807, 2.05) is 53.5 Å². The molecule has 5 rings (SSSR count). The molecule has 0 bridgehead atoms. The average molecular weight is 424 g/mol. The van der Waals surface area contributed by atoms with Gasteiger partial charge in [-0.15, -0.1) is 0 Å². The second-order valence-electron chi connectivity index (χ2n) is 8.11. The van der Waals surface area contributed by atoms with E-state index in [1.54, 1.807) is 0 Å². The van der Waals surface area contributed by atoms with E-state index < -0.39 is 0 Å². The smallest absolute Gasteiger partial charge is 0.254 e. The van der Waals surface area contributed by atoms with Gasteiger partial charge in [-0.05, 0) is 29.7 Å². The van der Waals surface area contributed by atoms with Gasteiger partial charge in [-0.25, -0.2) is 4.98 Å². The zero-order chi connectivity index (χ0) is 21.8. The molecule has 0 radical (unpaired) electrons. The van der Waals surface area contributed by atoms with Crippen LogP contribution in [0.4, 0.5) is 0 Å². The molecule has 6 nitrogen and oxygen atoms in total. The standard InChI is InChI=1S/C26H25N5O/c32-26-23-13-14-30(16-20-7-3-1-4-8-20)19-24(23)28-25(29-26)12-11-22-15-27-31(18-22)17-21-9-5-2-6-10-21/h1-12,15,18H,13-14,16-17,19H2,(H,28,29,32)/b12-11+. The third-order valence-electron chi connectivity index (χ3n) is 5.69.